The van der Waals surface area contributed by atoms with E-state index in [-0.39, 0.29) is 4.90 Å². The smallest absolute Gasteiger partial charge is 0.242 e. The van der Waals surface area contributed by atoms with Crippen molar-refractivity contribution in [1.29, 1.82) is 0 Å². The molecule has 1 saturated heterocycles. The quantitative estimate of drug-likeness (QED) is 0.640. The molecule has 0 amide bonds. The lowest BCUT2D eigenvalue weighted by atomic mass is 9.97. The Balaban J connectivity index is 1.23. The topological polar surface area (TPSA) is 71.5 Å². The maximum Gasteiger partial charge on any atom is 0.242 e. The number of pyridine rings is 1. The number of benzene rings is 2. The number of ether oxygens (including phenoxy) is 1. The van der Waals surface area contributed by atoms with E-state index in [0.29, 0.717) is 18.0 Å². The van der Waals surface area contributed by atoms with Gasteiger partial charge in [-0.05, 0) is 54.6 Å². The number of fused-ring (bicyclic) bond motifs is 2. The molecule has 2 aliphatic heterocycles. The summed E-state index contributed by atoms with van der Waals surface area (Å²) in [5.41, 5.74) is 3.11. The zero-order valence-electron chi connectivity index (χ0n) is 17.5. The summed E-state index contributed by atoms with van der Waals surface area (Å²) in [6.45, 7) is 4.05. The molecule has 0 spiro atoms. The van der Waals surface area contributed by atoms with E-state index >= 15 is 0 Å². The number of nitrogens with one attached hydrogen (secondary N) is 1. The molecule has 31 heavy (non-hydrogen) atoms. The number of hydrogen-bond donors (Lipinski definition) is 1. The fourth-order valence-electron chi connectivity index (χ4n) is 4.66. The molecule has 0 radical (unpaired) electrons. The normalized spacial score (nSPS) is 19.3. The van der Waals surface area contributed by atoms with E-state index in [1.807, 2.05) is 18.2 Å². The van der Waals surface area contributed by atoms with Crippen molar-refractivity contribution in [2.75, 3.05) is 26.2 Å². The molecule has 1 aromatic heterocycles. The first-order valence-electron chi connectivity index (χ1n) is 10.9. The van der Waals surface area contributed by atoms with Crippen molar-refractivity contribution in [3.63, 3.8) is 0 Å². The molecule has 5 rings (SSSR count). The zero-order valence-corrected chi connectivity index (χ0v) is 18.3. The van der Waals surface area contributed by atoms with Crippen molar-refractivity contribution in [1.82, 2.24) is 14.6 Å². The fourth-order valence-corrected chi connectivity index (χ4v) is 5.95. The van der Waals surface area contributed by atoms with Gasteiger partial charge in [0.05, 0.1) is 12.1 Å². The first-order valence-corrected chi connectivity index (χ1v) is 12.4. The van der Waals surface area contributed by atoms with Crippen molar-refractivity contribution < 1.29 is 13.2 Å². The van der Waals surface area contributed by atoms with Gasteiger partial charge in [0.1, 0.15) is 10.6 Å². The van der Waals surface area contributed by atoms with Crippen LogP contribution in [0, 0.1) is 5.92 Å². The molecule has 3 heterocycles. The van der Waals surface area contributed by atoms with E-state index in [1.54, 1.807) is 18.3 Å². The Morgan fingerprint density at radius 3 is 3.00 bits per heavy atom. The first-order chi connectivity index (χ1) is 15.1. The van der Waals surface area contributed by atoms with Crippen LogP contribution in [0.4, 0.5) is 0 Å². The van der Waals surface area contributed by atoms with Crippen molar-refractivity contribution >= 4 is 20.9 Å². The van der Waals surface area contributed by atoms with Crippen LogP contribution in [0.1, 0.15) is 24.0 Å². The van der Waals surface area contributed by atoms with Gasteiger partial charge in [-0.3, -0.25) is 9.88 Å². The minimum absolute atomic E-state index is 0.249. The molecule has 0 bridgehead atoms. The summed E-state index contributed by atoms with van der Waals surface area (Å²) in [4.78, 5) is 6.97. The van der Waals surface area contributed by atoms with Gasteiger partial charge in [-0.15, -0.1) is 0 Å². The summed E-state index contributed by atoms with van der Waals surface area (Å²) in [6, 6.07) is 15.4. The summed E-state index contributed by atoms with van der Waals surface area (Å²) >= 11 is 0. The van der Waals surface area contributed by atoms with Crippen LogP contribution < -0.4 is 9.46 Å². The second kappa shape index (κ2) is 8.57. The van der Waals surface area contributed by atoms with Crippen LogP contribution in [0.25, 0.3) is 10.9 Å². The molecule has 3 aromatic rings. The van der Waals surface area contributed by atoms with Crippen molar-refractivity contribution in [3.8, 4) is 5.75 Å². The van der Waals surface area contributed by atoms with Gasteiger partial charge in [-0.1, -0.05) is 30.3 Å². The molecule has 0 aliphatic carbocycles. The third-order valence-electron chi connectivity index (χ3n) is 6.21. The molecular weight excluding hydrogens is 410 g/mol. The fraction of sp³-hybridized carbons (Fsp3) is 0.375. The molecule has 1 N–H and O–H groups in total. The van der Waals surface area contributed by atoms with Crippen LogP contribution >= 0.6 is 0 Å². The average Bonchev–Trinajstić information content (AvgIpc) is 3.26. The second-order valence-corrected chi connectivity index (χ2v) is 10.2. The number of para-hydroxylation sites is 1. The molecule has 6 nitrogen and oxygen atoms in total. The summed E-state index contributed by atoms with van der Waals surface area (Å²) < 4.78 is 34.4. The third kappa shape index (κ3) is 4.44. The van der Waals surface area contributed by atoms with Crippen molar-refractivity contribution in [2.45, 2.75) is 30.7 Å². The maximum atomic E-state index is 13.0. The van der Waals surface area contributed by atoms with Crippen LogP contribution in [0.5, 0.6) is 5.75 Å². The Hall–Kier alpha value is -2.48. The predicted octanol–water partition coefficient (Wildman–Crippen LogP) is 3.36. The van der Waals surface area contributed by atoms with E-state index < -0.39 is 10.0 Å². The number of likely N-dealkylation sites (tertiary alicyclic amines) is 1. The number of rotatable bonds is 6. The highest BCUT2D eigenvalue weighted by atomic mass is 32.2. The Bertz CT molecular complexity index is 1190. The minimum Gasteiger partial charge on any atom is -0.493 e. The van der Waals surface area contributed by atoms with Crippen LogP contribution in [0.15, 0.2) is 59.6 Å². The van der Waals surface area contributed by atoms with Gasteiger partial charge < -0.3 is 4.74 Å². The summed E-state index contributed by atoms with van der Waals surface area (Å²) in [6.07, 6.45) is 4.73. The molecule has 0 saturated carbocycles. The minimum atomic E-state index is -3.61. The van der Waals surface area contributed by atoms with Crippen LogP contribution in [-0.4, -0.2) is 44.5 Å². The Kier molecular flexibility index (Phi) is 5.65. The van der Waals surface area contributed by atoms with E-state index in [2.05, 4.69) is 32.8 Å². The van der Waals surface area contributed by atoms with Gasteiger partial charge in [-0.25, -0.2) is 13.1 Å². The van der Waals surface area contributed by atoms with Crippen LogP contribution in [0.3, 0.4) is 0 Å². The second-order valence-electron chi connectivity index (χ2n) is 8.47. The van der Waals surface area contributed by atoms with Gasteiger partial charge in [0.2, 0.25) is 10.0 Å². The van der Waals surface area contributed by atoms with Crippen LogP contribution in [-0.2, 0) is 23.0 Å². The highest BCUT2D eigenvalue weighted by molar-refractivity contribution is 7.89. The Morgan fingerprint density at radius 2 is 2.06 bits per heavy atom. The standard InChI is InChI=1S/C24H27N3O3S/c28-31(29,23-7-1-5-20-6-2-11-25-24(20)23)26-15-19-4-3-12-27(17-19)16-18-8-9-22-21(14-18)10-13-30-22/h1-2,5-9,11,14,19,26H,3-4,10,12-13,15-17H2. The summed E-state index contributed by atoms with van der Waals surface area (Å²) in [5, 5.41) is 0.828. The summed E-state index contributed by atoms with van der Waals surface area (Å²) in [7, 11) is -3.61. The van der Waals surface area contributed by atoms with Crippen molar-refractivity contribution in [2.24, 2.45) is 5.92 Å². The molecule has 2 aromatic carbocycles. The van der Waals surface area contributed by atoms with Crippen LogP contribution in [0.2, 0.25) is 0 Å². The number of hydrogen-bond acceptors (Lipinski definition) is 5. The predicted molar refractivity (Wildman–Crippen MR) is 121 cm³/mol. The third-order valence-corrected chi connectivity index (χ3v) is 7.67. The lowest BCUT2D eigenvalue weighted by Crippen LogP contribution is -2.40. The average molecular weight is 438 g/mol. The maximum absolute atomic E-state index is 13.0. The number of nitrogens with zero attached hydrogens (tertiary/aromatic N) is 2. The molecule has 1 unspecified atom stereocenters. The first kappa shape index (κ1) is 20.4. The van der Waals surface area contributed by atoms with E-state index in [4.69, 9.17) is 4.74 Å². The number of piperidine rings is 1. The Morgan fingerprint density at radius 1 is 1.16 bits per heavy atom. The van der Waals surface area contributed by atoms with E-state index in [9.17, 15) is 8.42 Å². The highest BCUT2D eigenvalue weighted by Gasteiger charge is 2.24. The van der Waals surface area contributed by atoms with Gasteiger partial charge in [0.15, 0.2) is 0 Å². The lowest BCUT2D eigenvalue weighted by molar-refractivity contribution is 0.169. The Labute approximate surface area is 183 Å². The molecule has 162 valence electrons. The van der Waals surface area contributed by atoms with E-state index in [0.717, 1.165) is 56.6 Å². The molecule has 7 heteroatoms. The van der Waals surface area contributed by atoms with Gasteiger partial charge in [0, 0.05) is 37.6 Å². The monoisotopic (exact) mass is 437 g/mol. The highest BCUT2D eigenvalue weighted by Crippen LogP contribution is 2.27. The zero-order chi connectivity index (χ0) is 21.3. The van der Waals surface area contributed by atoms with Gasteiger partial charge in [-0.2, -0.15) is 0 Å². The SMILES string of the molecule is O=S(=O)(NCC1CCCN(Cc2ccc3c(c2)CCO3)C1)c1cccc2cccnc12. The molecule has 2 aliphatic rings. The summed E-state index contributed by atoms with van der Waals surface area (Å²) in [5.74, 6) is 1.31. The number of sulfonamides is 1. The molecule has 1 fully saturated rings. The van der Waals surface area contributed by atoms with Gasteiger partial charge in [0.25, 0.3) is 0 Å². The molecular formula is C24H27N3O3S. The van der Waals surface area contributed by atoms with Crippen molar-refractivity contribution in [3.05, 3.63) is 65.9 Å². The van der Waals surface area contributed by atoms with E-state index in [1.165, 1.54) is 11.1 Å². The largest absolute Gasteiger partial charge is 0.493 e. The van der Waals surface area contributed by atoms with Gasteiger partial charge >= 0.3 is 0 Å². The number of aromatic nitrogens is 1. The molecule has 1 atom stereocenters. The lowest BCUT2D eigenvalue weighted by Gasteiger charge is -2.33.